The number of ether oxygens (including phenoxy) is 2. The van der Waals surface area contributed by atoms with Crippen LogP contribution in [0.5, 0.6) is 0 Å². The molecule has 0 saturated carbocycles. The van der Waals surface area contributed by atoms with Crippen LogP contribution >= 0.6 is 0 Å². The molecule has 7 heteroatoms. The second-order valence-electron chi connectivity index (χ2n) is 3.80. The number of halogens is 3. The highest BCUT2D eigenvalue weighted by Crippen LogP contribution is 2.14. The summed E-state index contributed by atoms with van der Waals surface area (Å²) in [6, 6.07) is 7.14. The minimum atomic E-state index is -4.52. The van der Waals surface area contributed by atoms with Gasteiger partial charge in [-0.1, -0.05) is 24.3 Å². The van der Waals surface area contributed by atoms with Gasteiger partial charge in [0.05, 0.1) is 6.61 Å². The molecule has 0 heterocycles. The summed E-state index contributed by atoms with van der Waals surface area (Å²) < 4.78 is 44.3. The van der Waals surface area contributed by atoms with Gasteiger partial charge in [0.25, 0.3) is 0 Å². The maximum atomic E-state index is 11.8. The molecular weight excluding hydrogens is 263 g/mol. The first-order chi connectivity index (χ1) is 8.90. The summed E-state index contributed by atoms with van der Waals surface area (Å²) in [6.07, 6.45) is -5.62. The molecule has 1 aromatic rings. The monoisotopic (exact) mass is 277 g/mol. The van der Waals surface area contributed by atoms with E-state index in [1.165, 1.54) is 0 Å². The molecule has 0 radical (unpaired) electrons. The normalized spacial score (nSPS) is 11.2. The van der Waals surface area contributed by atoms with Gasteiger partial charge in [-0.05, 0) is 11.1 Å². The van der Waals surface area contributed by atoms with Crippen molar-refractivity contribution in [3.8, 4) is 0 Å². The molecule has 106 valence electrons. The van der Waals surface area contributed by atoms with Crippen LogP contribution in [-0.4, -0.2) is 26.0 Å². The topological polar surface area (TPSA) is 47.6 Å². The van der Waals surface area contributed by atoms with E-state index in [2.05, 4.69) is 10.1 Å². The van der Waals surface area contributed by atoms with Gasteiger partial charge < -0.3 is 14.8 Å². The van der Waals surface area contributed by atoms with Crippen LogP contribution in [0.1, 0.15) is 11.1 Å². The van der Waals surface area contributed by atoms with Crippen molar-refractivity contribution in [3.05, 3.63) is 35.4 Å². The summed E-state index contributed by atoms with van der Waals surface area (Å²) in [5.41, 5.74) is 1.66. The van der Waals surface area contributed by atoms with Gasteiger partial charge >= 0.3 is 12.3 Å². The maximum Gasteiger partial charge on any atom is 0.422 e. The zero-order chi connectivity index (χ0) is 14.3. The van der Waals surface area contributed by atoms with Crippen LogP contribution in [0.15, 0.2) is 24.3 Å². The van der Waals surface area contributed by atoms with Gasteiger partial charge in [0.15, 0.2) is 6.61 Å². The number of amides is 1. The van der Waals surface area contributed by atoms with Gasteiger partial charge in [-0.25, -0.2) is 4.79 Å². The lowest BCUT2D eigenvalue weighted by Gasteiger charge is -2.09. The van der Waals surface area contributed by atoms with Crippen LogP contribution in [0.4, 0.5) is 18.0 Å². The predicted octanol–water partition coefficient (Wildman–Crippen LogP) is 2.62. The van der Waals surface area contributed by atoms with Crippen molar-refractivity contribution < 1.29 is 27.4 Å². The Morgan fingerprint density at radius 2 is 2.00 bits per heavy atom. The Hall–Kier alpha value is -1.76. The summed E-state index contributed by atoms with van der Waals surface area (Å²) in [6.45, 7) is -1.08. The average molecular weight is 277 g/mol. The van der Waals surface area contributed by atoms with E-state index in [0.29, 0.717) is 6.61 Å². The van der Waals surface area contributed by atoms with Gasteiger partial charge in [0.2, 0.25) is 0 Å². The molecule has 0 bridgehead atoms. The number of hydrogen-bond donors (Lipinski definition) is 1. The Morgan fingerprint density at radius 3 is 2.63 bits per heavy atom. The third-order valence-corrected chi connectivity index (χ3v) is 2.11. The molecule has 19 heavy (non-hydrogen) atoms. The highest BCUT2D eigenvalue weighted by Gasteiger charge is 2.29. The molecule has 0 aliphatic heterocycles. The third kappa shape index (κ3) is 6.66. The SMILES string of the molecule is COCc1cccc(CNC(=O)OCC(F)(F)F)c1. The van der Waals surface area contributed by atoms with Gasteiger partial charge in [0.1, 0.15) is 0 Å². The van der Waals surface area contributed by atoms with E-state index in [1.807, 2.05) is 6.07 Å². The van der Waals surface area contributed by atoms with E-state index in [9.17, 15) is 18.0 Å². The molecule has 1 aromatic carbocycles. The summed E-state index contributed by atoms with van der Waals surface area (Å²) in [7, 11) is 1.55. The second kappa shape index (κ2) is 6.98. The van der Waals surface area contributed by atoms with Crippen molar-refractivity contribution in [1.82, 2.24) is 5.32 Å². The molecule has 0 atom stereocenters. The molecule has 0 spiro atoms. The molecule has 0 aliphatic carbocycles. The van der Waals surface area contributed by atoms with Gasteiger partial charge in [0, 0.05) is 13.7 Å². The lowest BCUT2D eigenvalue weighted by Crippen LogP contribution is -2.28. The minimum absolute atomic E-state index is 0.0915. The molecule has 0 unspecified atom stereocenters. The predicted molar refractivity (Wildman–Crippen MR) is 61.4 cm³/mol. The van der Waals surface area contributed by atoms with Crippen molar-refractivity contribution in [2.24, 2.45) is 0 Å². The number of alkyl halides is 3. The highest BCUT2D eigenvalue weighted by molar-refractivity contribution is 5.67. The summed E-state index contributed by atoms with van der Waals surface area (Å²) in [5.74, 6) is 0. The van der Waals surface area contributed by atoms with Crippen LogP contribution in [0.25, 0.3) is 0 Å². The fraction of sp³-hybridized carbons (Fsp3) is 0.417. The first-order valence-corrected chi connectivity index (χ1v) is 5.45. The number of carbonyl (C=O) groups is 1. The van der Waals surface area contributed by atoms with Crippen molar-refractivity contribution in [2.75, 3.05) is 13.7 Å². The summed E-state index contributed by atoms with van der Waals surface area (Å²) >= 11 is 0. The number of hydrogen-bond acceptors (Lipinski definition) is 3. The first-order valence-electron chi connectivity index (χ1n) is 5.45. The molecule has 0 aliphatic rings. The Bertz CT molecular complexity index is 421. The Balaban J connectivity index is 2.39. The highest BCUT2D eigenvalue weighted by atomic mass is 19.4. The smallest absolute Gasteiger partial charge is 0.422 e. The molecule has 0 saturated heterocycles. The average Bonchev–Trinajstić information content (AvgIpc) is 2.34. The van der Waals surface area contributed by atoms with Crippen molar-refractivity contribution in [3.63, 3.8) is 0 Å². The Kier molecular flexibility index (Phi) is 5.62. The fourth-order valence-corrected chi connectivity index (χ4v) is 1.37. The number of methoxy groups -OCH3 is 1. The number of carbonyl (C=O) groups excluding carboxylic acids is 1. The number of benzene rings is 1. The first kappa shape index (κ1) is 15.3. The van der Waals surface area contributed by atoms with E-state index in [-0.39, 0.29) is 6.54 Å². The molecule has 1 amide bonds. The molecule has 0 aromatic heterocycles. The van der Waals surface area contributed by atoms with Crippen LogP contribution in [0, 0.1) is 0 Å². The van der Waals surface area contributed by atoms with Crippen molar-refractivity contribution >= 4 is 6.09 Å². The zero-order valence-electron chi connectivity index (χ0n) is 10.3. The fourth-order valence-electron chi connectivity index (χ4n) is 1.37. The van der Waals surface area contributed by atoms with Crippen LogP contribution in [0.3, 0.4) is 0 Å². The Labute approximate surface area is 108 Å². The zero-order valence-corrected chi connectivity index (χ0v) is 10.3. The number of alkyl carbamates (subject to hydrolysis) is 1. The second-order valence-corrected chi connectivity index (χ2v) is 3.80. The number of rotatable bonds is 5. The van der Waals surface area contributed by atoms with Gasteiger partial charge in [-0.15, -0.1) is 0 Å². The van der Waals surface area contributed by atoms with Gasteiger partial charge in [-0.2, -0.15) is 13.2 Å². The van der Waals surface area contributed by atoms with E-state index < -0.39 is 18.9 Å². The molecule has 4 nitrogen and oxygen atoms in total. The molecule has 1 rings (SSSR count). The van der Waals surface area contributed by atoms with Crippen molar-refractivity contribution in [2.45, 2.75) is 19.3 Å². The van der Waals surface area contributed by atoms with E-state index in [0.717, 1.165) is 11.1 Å². The third-order valence-electron chi connectivity index (χ3n) is 2.11. The largest absolute Gasteiger partial charge is 0.440 e. The molecular formula is C12H14F3NO3. The van der Waals surface area contributed by atoms with E-state index in [4.69, 9.17) is 4.74 Å². The lowest BCUT2D eigenvalue weighted by molar-refractivity contribution is -0.160. The standard InChI is InChI=1S/C12H14F3NO3/c1-18-7-10-4-2-3-9(5-10)6-16-11(17)19-8-12(13,14)15/h2-5H,6-8H2,1H3,(H,16,17). The van der Waals surface area contributed by atoms with Crippen molar-refractivity contribution in [1.29, 1.82) is 0 Å². The Morgan fingerprint density at radius 1 is 1.32 bits per heavy atom. The molecule has 0 fully saturated rings. The van der Waals surface area contributed by atoms with E-state index in [1.54, 1.807) is 25.3 Å². The van der Waals surface area contributed by atoms with Crippen LogP contribution in [-0.2, 0) is 22.6 Å². The van der Waals surface area contributed by atoms with E-state index >= 15 is 0 Å². The number of nitrogens with one attached hydrogen (secondary N) is 1. The van der Waals surface area contributed by atoms with Crippen LogP contribution in [0.2, 0.25) is 0 Å². The summed E-state index contributed by atoms with van der Waals surface area (Å²) in [4.78, 5) is 11.0. The summed E-state index contributed by atoms with van der Waals surface area (Å²) in [5, 5.41) is 2.24. The van der Waals surface area contributed by atoms with Crippen LogP contribution < -0.4 is 5.32 Å². The quantitative estimate of drug-likeness (QED) is 0.900. The maximum absolute atomic E-state index is 11.8. The minimum Gasteiger partial charge on any atom is -0.440 e. The van der Waals surface area contributed by atoms with Gasteiger partial charge in [-0.3, -0.25) is 0 Å². The molecule has 1 N–H and O–H groups in total. The lowest BCUT2D eigenvalue weighted by atomic mass is 10.1.